The van der Waals surface area contributed by atoms with Gasteiger partial charge in [-0.05, 0) is 54.5 Å². The zero-order valence-electron chi connectivity index (χ0n) is 15.4. The standard InChI is InChI=1S/C22H18BN3O2/c23-19-8-7-16-17(19)2-1-3-18(16)21-25-22(28-26-21)14-6-9-20(15(10-14)11-24)27-12-13-4-5-13/h1-3,6,9-10,13,19H,4-5,7-8,12H2. The average molecular weight is 367 g/mol. The maximum atomic E-state index is 9.48. The van der Waals surface area contributed by atoms with Crippen molar-refractivity contribution < 1.29 is 9.26 Å². The zero-order chi connectivity index (χ0) is 19.1. The number of aromatic nitrogens is 2. The molecule has 0 saturated heterocycles. The highest BCUT2D eigenvalue weighted by Crippen LogP contribution is 2.37. The minimum absolute atomic E-state index is 0.0719. The third-order valence-corrected chi connectivity index (χ3v) is 5.50. The lowest BCUT2D eigenvalue weighted by Crippen LogP contribution is -2.00. The van der Waals surface area contributed by atoms with Crippen LogP contribution in [0, 0.1) is 17.2 Å². The molecule has 2 aliphatic carbocycles. The molecule has 6 heteroatoms. The van der Waals surface area contributed by atoms with E-state index in [1.807, 2.05) is 18.2 Å². The van der Waals surface area contributed by atoms with Gasteiger partial charge in [0.25, 0.3) is 5.89 Å². The van der Waals surface area contributed by atoms with E-state index in [-0.39, 0.29) is 5.82 Å². The molecule has 2 radical (unpaired) electrons. The summed E-state index contributed by atoms with van der Waals surface area (Å²) < 4.78 is 11.3. The van der Waals surface area contributed by atoms with Crippen LogP contribution in [-0.2, 0) is 6.42 Å². The Morgan fingerprint density at radius 3 is 2.93 bits per heavy atom. The van der Waals surface area contributed by atoms with Gasteiger partial charge in [0.15, 0.2) is 0 Å². The van der Waals surface area contributed by atoms with E-state index in [2.05, 4.69) is 22.3 Å². The highest BCUT2D eigenvalue weighted by Gasteiger charge is 2.24. The van der Waals surface area contributed by atoms with Gasteiger partial charge in [-0.2, -0.15) is 10.2 Å². The Labute approximate surface area is 164 Å². The highest BCUT2D eigenvalue weighted by atomic mass is 16.5. The Morgan fingerprint density at radius 1 is 1.21 bits per heavy atom. The fourth-order valence-corrected chi connectivity index (χ4v) is 3.71. The first-order valence-corrected chi connectivity index (χ1v) is 9.61. The van der Waals surface area contributed by atoms with Crippen LogP contribution in [0.1, 0.15) is 41.8 Å². The summed E-state index contributed by atoms with van der Waals surface area (Å²) in [6.07, 6.45) is 4.27. The maximum Gasteiger partial charge on any atom is 0.258 e. The normalized spacial score (nSPS) is 17.9. The minimum Gasteiger partial charge on any atom is -0.492 e. The van der Waals surface area contributed by atoms with Crippen LogP contribution in [0.25, 0.3) is 22.8 Å². The highest BCUT2D eigenvalue weighted by molar-refractivity contribution is 6.13. The van der Waals surface area contributed by atoms with Gasteiger partial charge in [-0.3, -0.25) is 0 Å². The number of nitrogens with zero attached hydrogens (tertiary/aromatic N) is 3. The number of rotatable bonds is 5. The molecule has 0 aliphatic heterocycles. The van der Waals surface area contributed by atoms with Crippen molar-refractivity contribution in [1.82, 2.24) is 10.1 Å². The van der Waals surface area contributed by atoms with Crippen LogP contribution >= 0.6 is 0 Å². The molecule has 136 valence electrons. The van der Waals surface area contributed by atoms with Crippen LogP contribution in [0.3, 0.4) is 0 Å². The summed E-state index contributed by atoms with van der Waals surface area (Å²) in [6, 6.07) is 13.6. The van der Waals surface area contributed by atoms with Gasteiger partial charge in [0.2, 0.25) is 5.82 Å². The number of fused-ring (bicyclic) bond motifs is 1. The van der Waals surface area contributed by atoms with E-state index in [4.69, 9.17) is 17.1 Å². The molecule has 1 aromatic heterocycles. The van der Waals surface area contributed by atoms with E-state index in [0.29, 0.717) is 41.1 Å². The van der Waals surface area contributed by atoms with Crippen molar-refractivity contribution in [2.75, 3.05) is 6.61 Å². The predicted molar refractivity (Wildman–Crippen MR) is 105 cm³/mol. The monoisotopic (exact) mass is 367 g/mol. The molecule has 5 nitrogen and oxygen atoms in total. The van der Waals surface area contributed by atoms with E-state index in [1.165, 1.54) is 18.4 Å². The van der Waals surface area contributed by atoms with Gasteiger partial charge in [-0.1, -0.05) is 35.6 Å². The Hall–Kier alpha value is -3.07. The summed E-state index contributed by atoms with van der Waals surface area (Å²) in [4.78, 5) is 4.57. The first kappa shape index (κ1) is 17.1. The third kappa shape index (κ3) is 3.07. The fourth-order valence-electron chi connectivity index (χ4n) is 3.71. The van der Waals surface area contributed by atoms with Crippen LogP contribution < -0.4 is 4.74 Å². The lowest BCUT2D eigenvalue weighted by Gasteiger charge is -2.07. The summed E-state index contributed by atoms with van der Waals surface area (Å²) >= 11 is 0. The molecule has 3 aromatic rings. The van der Waals surface area contributed by atoms with E-state index in [0.717, 1.165) is 24.0 Å². The molecule has 0 amide bonds. The molecule has 0 N–H and O–H groups in total. The van der Waals surface area contributed by atoms with Crippen molar-refractivity contribution in [3.8, 4) is 34.7 Å². The van der Waals surface area contributed by atoms with Gasteiger partial charge in [-0.25, -0.2) is 0 Å². The van der Waals surface area contributed by atoms with Gasteiger partial charge in [0, 0.05) is 11.1 Å². The number of hydrogen-bond donors (Lipinski definition) is 0. The summed E-state index contributed by atoms with van der Waals surface area (Å²) in [5, 5.41) is 13.6. The van der Waals surface area contributed by atoms with E-state index in [9.17, 15) is 5.26 Å². The lowest BCUT2D eigenvalue weighted by molar-refractivity contribution is 0.299. The number of nitriles is 1. The van der Waals surface area contributed by atoms with Gasteiger partial charge < -0.3 is 9.26 Å². The van der Waals surface area contributed by atoms with Crippen molar-refractivity contribution in [2.24, 2.45) is 5.92 Å². The molecule has 1 atom stereocenters. The van der Waals surface area contributed by atoms with Crippen LogP contribution in [-0.4, -0.2) is 24.6 Å². The smallest absolute Gasteiger partial charge is 0.258 e. The second kappa shape index (κ2) is 6.83. The first-order valence-electron chi connectivity index (χ1n) is 9.61. The summed E-state index contributed by atoms with van der Waals surface area (Å²) in [7, 11) is 6.18. The third-order valence-electron chi connectivity index (χ3n) is 5.50. The molecule has 0 bridgehead atoms. The Kier molecular flexibility index (Phi) is 4.16. The van der Waals surface area contributed by atoms with Crippen LogP contribution in [0.4, 0.5) is 0 Å². The zero-order valence-corrected chi connectivity index (χ0v) is 15.4. The summed E-state index contributed by atoms with van der Waals surface area (Å²) in [5.41, 5.74) is 4.50. The van der Waals surface area contributed by atoms with Crippen LogP contribution in [0.15, 0.2) is 40.9 Å². The molecule has 1 unspecified atom stereocenters. The molecular weight excluding hydrogens is 349 g/mol. The van der Waals surface area contributed by atoms with Crippen molar-refractivity contribution in [3.63, 3.8) is 0 Å². The van der Waals surface area contributed by atoms with Crippen molar-refractivity contribution in [1.29, 1.82) is 5.26 Å². The molecular formula is C22H18BN3O2. The van der Waals surface area contributed by atoms with Crippen molar-refractivity contribution in [3.05, 3.63) is 53.1 Å². The molecule has 1 saturated carbocycles. The SMILES string of the molecule is [B]C1CCc2c(-c3noc(-c4ccc(OCC5CC5)c(C#N)c4)n3)cccc21. The van der Waals surface area contributed by atoms with Crippen molar-refractivity contribution in [2.45, 2.75) is 31.5 Å². The second-order valence-corrected chi connectivity index (χ2v) is 7.52. The van der Waals surface area contributed by atoms with E-state index < -0.39 is 0 Å². The first-order chi connectivity index (χ1) is 13.7. The van der Waals surface area contributed by atoms with E-state index >= 15 is 0 Å². The van der Waals surface area contributed by atoms with E-state index in [1.54, 1.807) is 12.1 Å². The predicted octanol–water partition coefficient (Wildman–Crippen LogP) is 4.22. The number of benzene rings is 2. The quantitative estimate of drug-likeness (QED) is 0.632. The number of hydrogen-bond acceptors (Lipinski definition) is 5. The second-order valence-electron chi connectivity index (χ2n) is 7.52. The minimum atomic E-state index is 0.0719. The summed E-state index contributed by atoms with van der Waals surface area (Å²) in [5.74, 6) is 2.24. The Balaban J connectivity index is 1.44. The molecule has 1 fully saturated rings. The molecule has 0 spiro atoms. The van der Waals surface area contributed by atoms with Gasteiger partial charge in [0.1, 0.15) is 11.8 Å². The van der Waals surface area contributed by atoms with Crippen LogP contribution in [0.2, 0.25) is 0 Å². The largest absolute Gasteiger partial charge is 0.492 e. The molecule has 2 aromatic carbocycles. The van der Waals surface area contributed by atoms with Gasteiger partial charge in [0.05, 0.1) is 20.0 Å². The fraction of sp³-hybridized carbons (Fsp3) is 0.318. The summed E-state index contributed by atoms with van der Waals surface area (Å²) in [6.45, 7) is 0.667. The lowest BCUT2D eigenvalue weighted by atomic mass is 9.82. The average Bonchev–Trinajstić information content (AvgIpc) is 3.29. The number of ether oxygens (including phenoxy) is 1. The van der Waals surface area contributed by atoms with Crippen molar-refractivity contribution >= 4 is 7.85 Å². The van der Waals surface area contributed by atoms with Gasteiger partial charge >= 0.3 is 0 Å². The maximum absolute atomic E-state index is 9.48. The topological polar surface area (TPSA) is 71.9 Å². The Bertz CT molecular complexity index is 1080. The molecule has 1 heterocycles. The molecule has 5 rings (SSSR count). The Morgan fingerprint density at radius 2 is 2.11 bits per heavy atom. The van der Waals surface area contributed by atoms with Gasteiger partial charge in [-0.15, -0.1) is 0 Å². The molecule has 28 heavy (non-hydrogen) atoms. The van der Waals surface area contributed by atoms with Crippen LogP contribution in [0.5, 0.6) is 5.75 Å². The molecule has 2 aliphatic rings.